The summed E-state index contributed by atoms with van der Waals surface area (Å²) in [5, 5.41) is 4.17. The van der Waals surface area contributed by atoms with Gasteiger partial charge in [0, 0.05) is 6.20 Å². The third kappa shape index (κ3) is 2.32. The van der Waals surface area contributed by atoms with Crippen LogP contribution >= 0.6 is 0 Å². The number of methoxy groups -OCH3 is 1. The van der Waals surface area contributed by atoms with Gasteiger partial charge in [-0.25, -0.2) is 0 Å². The fraction of sp³-hybridized carbons (Fsp3) is 0.182. The first kappa shape index (κ1) is 10.5. The minimum absolute atomic E-state index is 0.714. The smallest absolute Gasteiger partial charge is 0.118 e. The van der Waals surface area contributed by atoms with E-state index in [1.54, 1.807) is 13.3 Å². The zero-order chi connectivity index (χ0) is 11.4. The molecule has 0 saturated carbocycles. The summed E-state index contributed by atoms with van der Waals surface area (Å²) in [6.07, 6.45) is 3.54. The summed E-state index contributed by atoms with van der Waals surface area (Å²) in [4.78, 5) is 0. The molecule has 0 amide bonds. The summed E-state index contributed by atoms with van der Waals surface area (Å²) in [5.74, 6) is 6.13. The first-order valence-electron chi connectivity index (χ1n) is 4.94. The first-order valence-corrected chi connectivity index (χ1v) is 4.94. The van der Waals surface area contributed by atoms with Crippen LogP contribution in [0.3, 0.4) is 0 Å². The maximum absolute atomic E-state index is 5.27. The van der Waals surface area contributed by atoms with Gasteiger partial charge in [-0.15, -0.1) is 0 Å². The molecular formula is C11H14N4O. The average molecular weight is 218 g/mol. The van der Waals surface area contributed by atoms with Crippen molar-refractivity contribution >= 4 is 5.69 Å². The zero-order valence-corrected chi connectivity index (χ0v) is 9.05. The quantitative estimate of drug-likeness (QED) is 0.598. The van der Waals surface area contributed by atoms with Crippen LogP contribution in [0.15, 0.2) is 36.7 Å². The summed E-state index contributed by atoms with van der Waals surface area (Å²) in [5.41, 5.74) is 4.51. The summed E-state index contributed by atoms with van der Waals surface area (Å²) in [7, 11) is 1.65. The highest BCUT2D eigenvalue weighted by atomic mass is 16.5. The van der Waals surface area contributed by atoms with E-state index in [1.165, 1.54) is 0 Å². The second-order valence-electron chi connectivity index (χ2n) is 3.42. The summed E-state index contributed by atoms with van der Waals surface area (Å²) >= 11 is 0. The van der Waals surface area contributed by atoms with E-state index in [2.05, 4.69) is 10.5 Å². The third-order valence-electron chi connectivity index (χ3n) is 2.30. The molecular weight excluding hydrogens is 204 g/mol. The zero-order valence-electron chi connectivity index (χ0n) is 9.05. The number of ether oxygens (including phenoxy) is 1. The van der Waals surface area contributed by atoms with Crippen molar-refractivity contribution in [3.8, 4) is 5.75 Å². The minimum Gasteiger partial charge on any atom is -0.497 e. The van der Waals surface area contributed by atoms with Crippen molar-refractivity contribution in [2.24, 2.45) is 5.84 Å². The lowest BCUT2D eigenvalue weighted by Gasteiger charge is -2.03. The Hall–Kier alpha value is -2.01. The topological polar surface area (TPSA) is 65.1 Å². The van der Waals surface area contributed by atoms with Gasteiger partial charge in [-0.05, 0) is 17.7 Å². The third-order valence-corrected chi connectivity index (χ3v) is 2.30. The fourth-order valence-corrected chi connectivity index (χ4v) is 1.44. The number of nitrogen functional groups attached to an aromatic ring is 1. The van der Waals surface area contributed by atoms with E-state index in [0.29, 0.717) is 6.54 Å². The Kier molecular flexibility index (Phi) is 3.07. The fourth-order valence-electron chi connectivity index (χ4n) is 1.44. The van der Waals surface area contributed by atoms with Gasteiger partial charge in [0.05, 0.1) is 25.5 Å². The molecule has 0 saturated heterocycles. The summed E-state index contributed by atoms with van der Waals surface area (Å²) in [6.45, 7) is 0.714. The lowest BCUT2D eigenvalue weighted by molar-refractivity contribution is 0.414. The van der Waals surface area contributed by atoms with E-state index in [4.69, 9.17) is 10.6 Å². The van der Waals surface area contributed by atoms with E-state index in [9.17, 15) is 0 Å². The number of anilines is 1. The van der Waals surface area contributed by atoms with Crippen molar-refractivity contribution in [3.63, 3.8) is 0 Å². The van der Waals surface area contributed by atoms with Crippen molar-refractivity contribution < 1.29 is 4.74 Å². The molecule has 0 atom stereocenters. The van der Waals surface area contributed by atoms with Gasteiger partial charge in [-0.3, -0.25) is 10.5 Å². The molecule has 0 aliphatic rings. The Balaban J connectivity index is 2.08. The lowest BCUT2D eigenvalue weighted by atomic mass is 10.2. The van der Waals surface area contributed by atoms with E-state index < -0.39 is 0 Å². The number of rotatable bonds is 4. The van der Waals surface area contributed by atoms with Crippen molar-refractivity contribution in [1.82, 2.24) is 9.78 Å². The molecule has 1 aromatic carbocycles. The molecule has 0 unspecified atom stereocenters. The average Bonchev–Trinajstić information content (AvgIpc) is 2.78. The van der Waals surface area contributed by atoms with Crippen LogP contribution in [-0.4, -0.2) is 16.9 Å². The maximum atomic E-state index is 5.27. The minimum atomic E-state index is 0.714. The van der Waals surface area contributed by atoms with Gasteiger partial charge < -0.3 is 10.2 Å². The van der Waals surface area contributed by atoms with E-state index >= 15 is 0 Å². The van der Waals surface area contributed by atoms with E-state index in [0.717, 1.165) is 17.0 Å². The Labute approximate surface area is 93.8 Å². The standard InChI is InChI=1S/C11H14N4O/c1-16-11-4-2-9(3-5-11)7-15-8-10(14-12)6-13-15/h2-6,8,14H,7,12H2,1H3. The van der Waals surface area contributed by atoms with Crippen molar-refractivity contribution in [2.75, 3.05) is 12.5 Å². The largest absolute Gasteiger partial charge is 0.497 e. The van der Waals surface area contributed by atoms with Gasteiger partial charge in [0.25, 0.3) is 0 Å². The number of nitrogens with one attached hydrogen (secondary N) is 1. The number of nitrogens with zero attached hydrogens (tertiary/aromatic N) is 2. The molecule has 16 heavy (non-hydrogen) atoms. The predicted molar refractivity (Wildman–Crippen MR) is 62.1 cm³/mol. The molecule has 84 valence electrons. The van der Waals surface area contributed by atoms with Crippen LogP contribution in [0.4, 0.5) is 5.69 Å². The molecule has 0 radical (unpaired) electrons. The van der Waals surface area contributed by atoms with E-state index in [-0.39, 0.29) is 0 Å². The van der Waals surface area contributed by atoms with Crippen LogP contribution in [0.5, 0.6) is 5.75 Å². The number of hydrogen-bond acceptors (Lipinski definition) is 4. The van der Waals surface area contributed by atoms with Crippen LogP contribution in [0.25, 0.3) is 0 Å². The molecule has 0 bridgehead atoms. The molecule has 1 aromatic heterocycles. The Morgan fingerprint density at radius 1 is 1.38 bits per heavy atom. The molecule has 3 N–H and O–H groups in total. The SMILES string of the molecule is COc1ccc(Cn2cc(NN)cn2)cc1. The Morgan fingerprint density at radius 3 is 2.69 bits per heavy atom. The second-order valence-corrected chi connectivity index (χ2v) is 3.42. The first-order chi connectivity index (χ1) is 7.81. The van der Waals surface area contributed by atoms with Crippen molar-refractivity contribution in [1.29, 1.82) is 0 Å². The number of aromatic nitrogens is 2. The number of hydrazine groups is 1. The molecule has 5 heteroatoms. The van der Waals surface area contributed by atoms with Crippen LogP contribution < -0.4 is 16.0 Å². The van der Waals surface area contributed by atoms with Gasteiger partial charge >= 0.3 is 0 Å². The highest BCUT2D eigenvalue weighted by Gasteiger charge is 1.98. The van der Waals surface area contributed by atoms with Crippen molar-refractivity contribution in [2.45, 2.75) is 6.54 Å². The van der Waals surface area contributed by atoms with E-state index in [1.807, 2.05) is 35.1 Å². The van der Waals surface area contributed by atoms with Gasteiger partial charge in [0.15, 0.2) is 0 Å². The molecule has 2 aromatic rings. The lowest BCUT2D eigenvalue weighted by Crippen LogP contribution is -2.05. The van der Waals surface area contributed by atoms with Gasteiger partial charge in [0.2, 0.25) is 0 Å². The highest BCUT2D eigenvalue weighted by Crippen LogP contribution is 2.12. The Morgan fingerprint density at radius 2 is 2.12 bits per heavy atom. The molecule has 0 fully saturated rings. The van der Waals surface area contributed by atoms with Gasteiger partial charge in [-0.1, -0.05) is 12.1 Å². The normalized spacial score (nSPS) is 10.1. The molecule has 5 nitrogen and oxygen atoms in total. The molecule has 0 aliphatic carbocycles. The van der Waals surface area contributed by atoms with Crippen LogP contribution in [0.1, 0.15) is 5.56 Å². The van der Waals surface area contributed by atoms with Crippen LogP contribution in [0, 0.1) is 0 Å². The second kappa shape index (κ2) is 4.67. The molecule has 0 aliphatic heterocycles. The maximum Gasteiger partial charge on any atom is 0.118 e. The van der Waals surface area contributed by atoms with Gasteiger partial charge in [-0.2, -0.15) is 5.10 Å². The van der Waals surface area contributed by atoms with Crippen LogP contribution in [0.2, 0.25) is 0 Å². The van der Waals surface area contributed by atoms with Crippen LogP contribution in [-0.2, 0) is 6.54 Å². The van der Waals surface area contributed by atoms with Gasteiger partial charge in [0.1, 0.15) is 5.75 Å². The molecule has 2 rings (SSSR count). The molecule has 1 heterocycles. The van der Waals surface area contributed by atoms with Crippen molar-refractivity contribution in [3.05, 3.63) is 42.2 Å². The number of hydrogen-bond donors (Lipinski definition) is 2. The monoisotopic (exact) mass is 218 g/mol. The Bertz CT molecular complexity index is 449. The summed E-state index contributed by atoms with van der Waals surface area (Å²) in [6, 6.07) is 7.88. The number of benzene rings is 1. The highest BCUT2D eigenvalue weighted by molar-refractivity contribution is 5.36. The molecule has 0 spiro atoms. The number of nitrogens with two attached hydrogens (primary N) is 1. The predicted octanol–water partition coefficient (Wildman–Crippen LogP) is 1.23. The summed E-state index contributed by atoms with van der Waals surface area (Å²) < 4.78 is 6.91.